The van der Waals surface area contributed by atoms with Crippen LogP contribution in [0.3, 0.4) is 0 Å². The molecule has 1 aromatic carbocycles. The van der Waals surface area contributed by atoms with Gasteiger partial charge >= 0.3 is 0 Å². The van der Waals surface area contributed by atoms with E-state index >= 15 is 0 Å². The van der Waals surface area contributed by atoms with Gasteiger partial charge in [-0.25, -0.2) is 15.0 Å². The topological polar surface area (TPSA) is 83.5 Å². The minimum absolute atomic E-state index is 0.0574. The number of para-hydroxylation sites is 2. The minimum Gasteiger partial charge on any atom is -0.495 e. The number of amides is 1. The number of nitrogens with zero attached hydrogens (tertiary/aromatic N) is 5. The molecule has 0 bridgehead atoms. The summed E-state index contributed by atoms with van der Waals surface area (Å²) >= 11 is 1.36. The number of thiazole rings is 1. The van der Waals surface area contributed by atoms with E-state index in [-0.39, 0.29) is 5.91 Å². The fraction of sp³-hybridized carbons (Fsp3) is 0.263. The molecule has 1 N–H and O–H groups in total. The molecule has 0 aliphatic carbocycles. The summed E-state index contributed by atoms with van der Waals surface area (Å²) in [5.41, 5.74) is 1.49. The van der Waals surface area contributed by atoms with Gasteiger partial charge in [0.2, 0.25) is 5.95 Å². The molecule has 0 saturated carbocycles. The number of methoxy groups -OCH3 is 1. The Bertz CT molecular complexity index is 940. The van der Waals surface area contributed by atoms with E-state index in [1.54, 1.807) is 30.9 Å². The van der Waals surface area contributed by atoms with Crippen molar-refractivity contribution >= 4 is 34.0 Å². The van der Waals surface area contributed by atoms with E-state index in [1.165, 1.54) is 11.3 Å². The second kappa shape index (κ2) is 8.22. The van der Waals surface area contributed by atoms with Crippen molar-refractivity contribution in [2.75, 3.05) is 43.5 Å². The van der Waals surface area contributed by atoms with Gasteiger partial charge in [-0.2, -0.15) is 0 Å². The van der Waals surface area contributed by atoms with Gasteiger partial charge in [-0.05, 0) is 18.2 Å². The Balaban J connectivity index is 1.38. The number of carbonyl (C=O) groups is 1. The molecule has 1 fully saturated rings. The van der Waals surface area contributed by atoms with Crippen molar-refractivity contribution < 1.29 is 9.53 Å². The summed E-state index contributed by atoms with van der Waals surface area (Å²) in [7, 11) is 1.67. The predicted octanol–water partition coefficient (Wildman–Crippen LogP) is 2.65. The Labute approximate surface area is 166 Å². The highest BCUT2D eigenvalue weighted by Gasteiger charge is 2.25. The number of anilines is 3. The minimum atomic E-state index is -0.0574. The molecule has 1 aliphatic heterocycles. The molecule has 1 amide bonds. The van der Waals surface area contributed by atoms with Gasteiger partial charge in [0.05, 0.1) is 12.8 Å². The van der Waals surface area contributed by atoms with Crippen molar-refractivity contribution in [3.05, 3.63) is 53.8 Å². The van der Waals surface area contributed by atoms with Crippen molar-refractivity contribution in [2.24, 2.45) is 0 Å². The SMILES string of the molecule is COc1ccccc1N1CCN(C(=O)c2csc(Nc3ncccn3)n2)CC1. The van der Waals surface area contributed by atoms with Gasteiger partial charge in [0.15, 0.2) is 5.13 Å². The Kier molecular flexibility index (Phi) is 5.34. The number of benzene rings is 1. The Hall–Kier alpha value is -3.20. The zero-order valence-electron chi connectivity index (χ0n) is 15.4. The van der Waals surface area contributed by atoms with Gasteiger partial charge in [0, 0.05) is 44.0 Å². The molecule has 3 aromatic rings. The second-order valence-electron chi connectivity index (χ2n) is 6.19. The first kappa shape index (κ1) is 18.2. The number of carbonyl (C=O) groups excluding carboxylic acids is 1. The van der Waals surface area contributed by atoms with Crippen LogP contribution in [0.25, 0.3) is 0 Å². The highest BCUT2D eigenvalue weighted by molar-refractivity contribution is 7.14. The van der Waals surface area contributed by atoms with Crippen LogP contribution in [-0.4, -0.2) is 59.0 Å². The third-order valence-corrected chi connectivity index (χ3v) is 5.26. The maximum atomic E-state index is 12.8. The first-order valence-corrected chi connectivity index (χ1v) is 9.79. The van der Waals surface area contributed by atoms with Crippen LogP contribution in [0, 0.1) is 0 Å². The average molecular weight is 396 g/mol. The fourth-order valence-corrected chi connectivity index (χ4v) is 3.77. The summed E-state index contributed by atoms with van der Waals surface area (Å²) in [5.74, 6) is 1.25. The molecule has 9 heteroatoms. The van der Waals surface area contributed by atoms with Crippen molar-refractivity contribution in [1.29, 1.82) is 0 Å². The molecule has 0 spiro atoms. The van der Waals surface area contributed by atoms with E-state index in [0.29, 0.717) is 29.9 Å². The van der Waals surface area contributed by atoms with Crippen LogP contribution < -0.4 is 15.0 Å². The summed E-state index contributed by atoms with van der Waals surface area (Å²) in [6.45, 7) is 2.77. The highest BCUT2D eigenvalue weighted by Crippen LogP contribution is 2.28. The molecule has 28 heavy (non-hydrogen) atoms. The summed E-state index contributed by atoms with van der Waals surface area (Å²) in [6, 6.07) is 9.69. The van der Waals surface area contributed by atoms with Gasteiger partial charge in [-0.3, -0.25) is 4.79 Å². The summed E-state index contributed by atoms with van der Waals surface area (Å²) < 4.78 is 5.45. The standard InChI is InChI=1S/C19H20N6O2S/c1-27-16-6-3-2-5-15(16)24-9-11-25(12-10-24)17(26)14-13-28-19(22-14)23-18-20-7-4-8-21-18/h2-8,13H,9-12H2,1H3,(H,20,21,22,23). The number of ether oxygens (including phenoxy) is 1. The monoisotopic (exact) mass is 396 g/mol. The quantitative estimate of drug-likeness (QED) is 0.710. The molecule has 1 aliphatic rings. The Morgan fingerprint density at radius 3 is 2.61 bits per heavy atom. The lowest BCUT2D eigenvalue weighted by molar-refractivity contribution is 0.0741. The first-order chi connectivity index (χ1) is 13.7. The lowest BCUT2D eigenvalue weighted by atomic mass is 10.2. The summed E-state index contributed by atoms with van der Waals surface area (Å²) in [4.78, 5) is 29.5. The van der Waals surface area contributed by atoms with E-state index in [1.807, 2.05) is 29.2 Å². The fourth-order valence-electron chi connectivity index (χ4n) is 3.09. The smallest absolute Gasteiger partial charge is 0.273 e. The number of hydrogen-bond acceptors (Lipinski definition) is 8. The maximum Gasteiger partial charge on any atom is 0.273 e. The van der Waals surface area contributed by atoms with Crippen LogP contribution >= 0.6 is 11.3 Å². The zero-order chi connectivity index (χ0) is 19.3. The van der Waals surface area contributed by atoms with Crippen molar-refractivity contribution in [2.45, 2.75) is 0 Å². The van der Waals surface area contributed by atoms with Crippen LogP contribution in [0.5, 0.6) is 5.75 Å². The van der Waals surface area contributed by atoms with Crippen LogP contribution in [-0.2, 0) is 0 Å². The Morgan fingerprint density at radius 1 is 1.11 bits per heavy atom. The second-order valence-corrected chi connectivity index (χ2v) is 7.04. The molecule has 2 aromatic heterocycles. The van der Waals surface area contributed by atoms with Crippen molar-refractivity contribution in [3.63, 3.8) is 0 Å². The van der Waals surface area contributed by atoms with Crippen LogP contribution in [0.1, 0.15) is 10.5 Å². The average Bonchev–Trinajstić information content (AvgIpc) is 3.22. The normalized spacial score (nSPS) is 14.0. The third kappa shape index (κ3) is 3.89. The van der Waals surface area contributed by atoms with Crippen LogP contribution in [0.4, 0.5) is 16.8 Å². The number of hydrogen-bond donors (Lipinski definition) is 1. The van der Waals surface area contributed by atoms with E-state index in [0.717, 1.165) is 24.5 Å². The van der Waals surface area contributed by atoms with Crippen molar-refractivity contribution in [3.8, 4) is 5.75 Å². The number of nitrogens with one attached hydrogen (secondary N) is 1. The molecule has 144 valence electrons. The Morgan fingerprint density at radius 2 is 1.86 bits per heavy atom. The molecular formula is C19H20N6O2S. The van der Waals surface area contributed by atoms with Gasteiger partial charge in [-0.15, -0.1) is 11.3 Å². The maximum absolute atomic E-state index is 12.8. The van der Waals surface area contributed by atoms with E-state index in [4.69, 9.17) is 4.74 Å². The van der Waals surface area contributed by atoms with Gasteiger partial charge in [0.1, 0.15) is 11.4 Å². The summed E-state index contributed by atoms with van der Waals surface area (Å²) in [5, 5.41) is 5.38. The lowest BCUT2D eigenvalue weighted by Crippen LogP contribution is -2.49. The van der Waals surface area contributed by atoms with E-state index in [2.05, 4.69) is 25.2 Å². The first-order valence-electron chi connectivity index (χ1n) is 8.91. The van der Waals surface area contributed by atoms with E-state index < -0.39 is 0 Å². The highest BCUT2D eigenvalue weighted by atomic mass is 32.1. The molecule has 4 rings (SSSR count). The molecule has 0 radical (unpaired) electrons. The molecule has 1 saturated heterocycles. The van der Waals surface area contributed by atoms with Gasteiger partial charge in [-0.1, -0.05) is 12.1 Å². The van der Waals surface area contributed by atoms with Crippen LogP contribution in [0.2, 0.25) is 0 Å². The molecular weight excluding hydrogens is 376 g/mol. The van der Waals surface area contributed by atoms with Crippen LogP contribution in [0.15, 0.2) is 48.1 Å². The zero-order valence-corrected chi connectivity index (χ0v) is 16.2. The summed E-state index contributed by atoms with van der Waals surface area (Å²) in [6.07, 6.45) is 3.30. The molecule has 0 unspecified atom stereocenters. The molecule has 0 atom stereocenters. The lowest BCUT2D eigenvalue weighted by Gasteiger charge is -2.36. The number of piperazine rings is 1. The predicted molar refractivity (Wildman–Crippen MR) is 109 cm³/mol. The third-order valence-electron chi connectivity index (χ3n) is 4.50. The van der Waals surface area contributed by atoms with Gasteiger partial charge in [0.25, 0.3) is 5.91 Å². The largest absolute Gasteiger partial charge is 0.495 e. The molecule has 3 heterocycles. The number of aromatic nitrogens is 3. The van der Waals surface area contributed by atoms with E-state index in [9.17, 15) is 4.79 Å². The van der Waals surface area contributed by atoms with Gasteiger partial charge < -0.3 is 19.9 Å². The van der Waals surface area contributed by atoms with Crippen molar-refractivity contribution in [1.82, 2.24) is 19.9 Å². The molecule has 8 nitrogen and oxygen atoms in total. The number of rotatable bonds is 5.